The summed E-state index contributed by atoms with van der Waals surface area (Å²) in [5, 5.41) is 20.7. The van der Waals surface area contributed by atoms with Gasteiger partial charge in [-0.15, -0.1) is 0 Å². The summed E-state index contributed by atoms with van der Waals surface area (Å²) in [6, 6.07) is 8.85. The lowest BCUT2D eigenvalue weighted by molar-refractivity contribution is 0.0925. The molecular formula is C18H22N4O4. The van der Waals surface area contributed by atoms with Crippen molar-refractivity contribution in [3.05, 3.63) is 36.0 Å². The van der Waals surface area contributed by atoms with Crippen LogP contribution in [0.25, 0.3) is 11.4 Å². The predicted octanol–water partition coefficient (Wildman–Crippen LogP) is 2.34. The molecule has 0 radical (unpaired) electrons. The number of anilines is 2. The number of aliphatic hydroxyl groups excluding tert-OH is 1. The maximum absolute atomic E-state index is 10.7. The van der Waals surface area contributed by atoms with Crippen molar-refractivity contribution in [3.8, 4) is 11.4 Å². The SMILES string of the molecule is CC[C@H]1COCCN1c1cc(CO)nc(-c2ccc(NC(=O)O)cc2)n1. The van der Waals surface area contributed by atoms with Gasteiger partial charge in [-0.1, -0.05) is 6.92 Å². The number of carboxylic acid groups (broad SMARTS) is 1. The highest BCUT2D eigenvalue weighted by Gasteiger charge is 2.23. The zero-order valence-corrected chi connectivity index (χ0v) is 14.6. The number of amides is 1. The van der Waals surface area contributed by atoms with E-state index in [2.05, 4.69) is 27.1 Å². The van der Waals surface area contributed by atoms with Crippen LogP contribution in [-0.4, -0.2) is 52.1 Å². The van der Waals surface area contributed by atoms with Crippen LogP contribution in [0.1, 0.15) is 19.0 Å². The molecule has 138 valence electrons. The number of nitrogens with zero attached hydrogens (tertiary/aromatic N) is 3. The van der Waals surface area contributed by atoms with Crippen molar-refractivity contribution in [1.82, 2.24) is 9.97 Å². The molecule has 1 amide bonds. The van der Waals surface area contributed by atoms with E-state index in [1.807, 2.05) is 0 Å². The Bertz CT molecular complexity index is 766. The number of aliphatic hydroxyl groups is 1. The van der Waals surface area contributed by atoms with E-state index in [1.165, 1.54) is 0 Å². The second-order valence-electron chi connectivity index (χ2n) is 6.04. The Morgan fingerprint density at radius 1 is 1.35 bits per heavy atom. The van der Waals surface area contributed by atoms with Gasteiger partial charge >= 0.3 is 6.09 Å². The number of hydrogen-bond acceptors (Lipinski definition) is 6. The number of rotatable bonds is 5. The Hall–Kier alpha value is -2.71. The van der Waals surface area contributed by atoms with E-state index < -0.39 is 6.09 Å². The van der Waals surface area contributed by atoms with Crippen LogP contribution in [0, 0.1) is 0 Å². The molecule has 0 spiro atoms. The summed E-state index contributed by atoms with van der Waals surface area (Å²) in [7, 11) is 0. The van der Waals surface area contributed by atoms with Crippen LogP contribution >= 0.6 is 0 Å². The average Bonchev–Trinajstić information content (AvgIpc) is 2.67. The van der Waals surface area contributed by atoms with E-state index in [4.69, 9.17) is 9.84 Å². The minimum Gasteiger partial charge on any atom is -0.465 e. The minimum atomic E-state index is -1.11. The third-order valence-corrected chi connectivity index (χ3v) is 4.32. The van der Waals surface area contributed by atoms with Gasteiger partial charge in [0.2, 0.25) is 0 Å². The second-order valence-corrected chi connectivity index (χ2v) is 6.04. The molecular weight excluding hydrogens is 336 g/mol. The maximum atomic E-state index is 10.7. The van der Waals surface area contributed by atoms with Gasteiger partial charge in [-0.25, -0.2) is 14.8 Å². The smallest absolute Gasteiger partial charge is 0.409 e. The molecule has 26 heavy (non-hydrogen) atoms. The molecule has 8 nitrogen and oxygen atoms in total. The molecule has 1 saturated heterocycles. The zero-order chi connectivity index (χ0) is 18.5. The van der Waals surface area contributed by atoms with Gasteiger partial charge in [0.1, 0.15) is 5.82 Å². The fourth-order valence-electron chi connectivity index (χ4n) is 2.96. The van der Waals surface area contributed by atoms with Gasteiger partial charge in [0, 0.05) is 23.9 Å². The van der Waals surface area contributed by atoms with E-state index in [9.17, 15) is 9.90 Å². The summed E-state index contributed by atoms with van der Waals surface area (Å²) in [5.74, 6) is 1.26. The first-order chi connectivity index (χ1) is 12.6. The molecule has 1 fully saturated rings. The lowest BCUT2D eigenvalue weighted by Gasteiger charge is -2.36. The van der Waals surface area contributed by atoms with Gasteiger partial charge in [0.25, 0.3) is 0 Å². The van der Waals surface area contributed by atoms with Gasteiger partial charge in [-0.3, -0.25) is 5.32 Å². The van der Waals surface area contributed by atoms with Crippen LogP contribution in [0.2, 0.25) is 0 Å². The van der Waals surface area contributed by atoms with Crippen LogP contribution in [-0.2, 0) is 11.3 Å². The first-order valence-electron chi connectivity index (χ1n) is 8.54. The van der Waals surface area contributed by atoms with Gasteiger partial charge in [-0.2, -0.15) is 0 Å². The Morgan fingerprint density at radius 3 is 2.77 bits per heavy atom. The standard InChI is InChI=1S/C18H22N4O4/c1-2-15-11-26-8-7-22(15)16-9-14(10-23)19-17(21-16)12-3-5-13(6-4-12)20-18(24)25/h3-6,9,15,20,23H,2,7-8,10-11H2,1H3,(H,24,25)/t15-/m0/s1. The number of carbonyl (C=O) groups is 1. The quantitative estimate of drug-likeness (QED) is 0.753. The zero-order valence-electron chi connectivity index (χ0n) is 14.6. The number of hydrogen-bond donors (Lipinski definition) is 3. The van der Waals surface area contributed by atoms with Crippen LogP contribution in [0.15, 0.2) is 30.3 Å². The monoisotopic (exact) mass is 358 g/mol. The molecule has 1 atom stereocenters. The molecule has 3 N–H and O–H groups in total. The first-order valence-corrected chi connectivity index (χ1v) is 8.54. The summed E-state index contributed by atoms with van der Waals surface area (Å²) in [6.45, 7) is 3.96. The van der Waals surface area contributed by atoms with E-state index >= 15 is 0 Å². The Balaban J connectivity index is 1.93. The van der Waals surface area contributed by atoms with Gasteiger partial charge in [-0.05, 0) is 30.7 Å². The van der Waals surface area contributed by atoms with Crippen molar-refractivity contribution in [2.45, 2.75) is 26.0 Å². The van der Waals surface area contributed by atoms with Gasteiger partial charge in [0.05, 0.1) is 31.6 Å². The summed E-state index contributed by atoms with van der Waals surface area (Å²) >= 11 is 0. The third kappa shape index (κ3) is 4.09. The Morgan fingerprint density at radius 2 is 2.12 bits per heavy atom. The predicted molar refractivity (Wildman–Crippen MR) is 97.3 cm³/mol. The fraction of sp³-hybridized carbons (Fsp3) is 0.389. The van der Waals surface area contributed by atoms with E-state index in [1.54, 1.807) is 30.3 Å². The van der Waals surface area contributed by atoms with Crippen molar-refractivity contribution in [1.29, 1.82) is 0 Å². The minimum absolute atomic E-state index is 0.178. The molecule has 2 aromatic rings. The van der Waals surface area contributed by atoms with Gasteiger partial charge in [0.15, 0.2) is 5.82 Å². The van der Waals surface area contributed by atoms with Crippen molar-refractivity contribution >= 4 is 17.6 Å². The highest BCUT2D eigenvalue weighted by atomic mass is 16.5. The van der Waals surface area contributed by atoms with Crippen LogP contribution < -0.4 is 10.2 Å². The molecule has 1 aromatic carbocycles. The Kier molecular flexibility index (Phi) is 5.65. The normalized spacial score (nSPS) is 17.2. The van der Waals surface area contributed by atoms with Crippen molar-refractivity contribution in [2.24, 2.45) is 0 Å². The van der Waals surface area contributed by atoms with E-state index in [0.29, 0.717) is 30.4 Å². The molecule has 0 unspecified atom stereocenters. The molecule has 8 heteroatoms. The lowest BCUT2D eigenvalue weighted by Crippen LogP contribution is -2.45. The molecule has 2 heterocycles. The molecule has 1 aliphatic rings. The van der Waals surface area contributed by atoms with Crippen LogP contribution in [0.5, 0.6) is 0 Å². The van der Waals surface area contributed by atoms with Crippen LogP contribution in [0.4, 0.5) is 16.3 Å². The topological polar surface area (TPSA) is 108 Å². The van der Waals surface area contributed by atoms with Crippen molar-refractivity contribution in [2.75, 3.05) is 30.0 Å². The van der Waals surface area contributed by atoms with Gasteiger partial charge < -0.3 is 19.8 Å². The highest BCUT2D eigenvalue weighted by molar-refractivity contribution is 5.83. The molecule has 3 rings (SSSR count). The summed E-state index contributed by atoms with van der Waals surface area (Å²) < 4.78 is 5.55. The molecule has 0 bridgehead atoms. The summed E-state index contributed by atoms with van der Waals surface area (Å²) in [4.78, 5) is 22.0. The number of nitrogens with one attached hydrogen (secondary N) is 1. The molecule has 0 aliphatic carbocycles. The number of aromatic nitrogens is 2. The number of morpholine rings is 1. The highest BCUT2D eigenvalue weighted by Crippen LogP contribution is 2.25. The fourth-order valence-corrected chi connectivity index (χ4v) is 2.96. The number of ether oxygens (including phenoxy) is 1. The van der Waals surface area contributed by atoms with Crippen molar-refractivity contribution < 1.29 is 19.7 Å². The van der Waals surface area contributed by atoms with E-state index in [0.717, 1.165) is 24.3 Å². The van der Waals surface area contributed by atoms with E-state index in [-0.39, 0.29) is 12.6 Å². The van der Waals surface area contributed by atoms with Crippen molar-refractivity contribution in [3.63, 3.8) is 0 Å². The molecule has 0 saturated carbocycles. The Labute approximate surface area is 151 Å². The second kappa shape index (κ2) is 8.11. The summed E-state index contributed by atoms with van der Waals surface area (Å²) in [5.41, 5.74) is 1.76. The number of benzene rings is 1. The lowest BCUT2D eigenvalue weighted by atomic mass is 10.1. The average molecular weight is 358 g/mol. The first kappa shape index (κ1) is 18.1. The largest absolute Gasteiger partial charge is 0.465 e. The molecule has 1 aromatic heterocycles. The maximum Gasteiger partial charge on any atom is 0.409 e. The third-order valence-electron chi connectivity index (χ3n) is 4.32. The van der Waals surface area contributed by atoms with Crippen LogP contribution in [0.3, 0.4) is 0 Å². The molecule has 1 aliphatic heterocycles. The summed E-state index contributed by atoms with van der Waals surface area (Å²) in [6.07, 6.45) is -0.180.